The van der Waals surface area contributed by atoms with Crippen LogP contribution in [0.5, 0.6) is 0 Å². The van der Waals surface area contributed by atoms with Crippen LogP contribution in [0.15, 0.2) is 67.1 Å². The van der Waals surface area contributed by atoms with Crippen LogP contribution in [0.3, 0.4) is 0 Å². The number of aromatic nitrogens is 3. The standard InChI is InChI=1S/C21H20N4O2S/c1-15-5-3-4-6-16(15)14-28(26,27)24-20-7-8-21-17(10-20)9-18(11-22-21)19-12-23-25(2)13-19/h3-13,24H,14H2,1-2H3. The minimum absolute atomic E-state index is 0.0638. The molecule has 0 amide bonds. The van der Waals surface area contributed by atoms with Crippen molar-refractivity contribution in [3.05, 3.63) is 78.2 Å². The Morgan fingerprint density at radius 2 is 1.86 bits per heavy atom. The fourth-order valence-electron chi connectivity index (χ4n) is 3.12. The average molecular weight is 392 g/mol. The Morgan fingerprint density at radius 1 is 1.04 bits per heavy atom. The number of benzene rings is 2. The van der Waals surface area contributed by atoms with Crippen LogP contribution in [0.2, 0.25) is 0 Å². The number of fused-ring (bicyclic) bond motifs is 1. The van der Waals surface area contributed by atoms with Crippen LogP contribution in [0.1, 0.15) is 11.1 Å². The molecule has 0 aliphatic heterocycles. The molecule has 4 aromatic rings. The van der Waals surface area contributed by atoms with Crippen molar-refractivity contribution in [2.75, 3.05) is 4.72 Å². The number of pyridine rings is 1. The molecular weight excluding hydrogens is 372 g/mol. The number of aryl methyl sites for hydroxylation is 2. The van der Waals surface area contributed by atoms with Crippen molar-refractivity contribution in [3.63, 3.8) is 0 Å². The van der Waals surface area contributed by atoms with E-state index in [4.69, 9.17) is 0 Å². The summed E-state index contributed by atoms with van der Waals surface area (Å²) in [5, 5.41) is 5.04. The van der Waals surface area contributed by atoms with Gasteiger partial charge in [-0.15, -0.1) is 0 Å². The summed E-state index contributed by atoms with van der Waals surface area (Å²) in [6, 6.07) is 14.8. The third-order valence-electron chi connectivity index (χ3n) is 4.60. The van der Waals surface area contributed by atoms with Crippen LogP contribution in [-0.4, -0.2) is 23.2 Å². The molecule has 0 saturated heterocycles. The van der Waals surface area contributed by atoms with Crippen LogP contribution in [-0.2, 0) is 22.8 Å². The lowest BCUT2D eigenvalue weighted by Crippen LogP contribution is -2.15. The van der Waals surface area contributed by atoms with E-state index in [0.29, 0.717) is 5.69 Å². The fourth-order valence-corrected chi connectivity index (χ4v) is 4.41. The van der Waals surface area contributed by atoms with Crippen molar-refractivity contribution in [1.29, 1.82) is 0 Å². The van der Waals surface area contributed by atoms with Gasteiger partial charge in [-0.1, -0.05) is 24.3 Å². The first-order chi connectivity index (χ1) is 13.4. The Balaban J connectivity index is 1.62. The molecule has 0 aliphatic rings. The van der Waals surface area contributed by atoms with Crippen LogP contribution in [0.25, 0.3) is 22.0 Å². The maximum atomic E-state index is 12.6. The first-order valence-electron chi connectivity index (χ1n) is 8.83. The monoisotopic (exact) mass is 392 g/mol. The Labute approximate surface area is 163 Å². The van der Waals surface area contributed by atoms with Gasteiger partial charge in [0, 0.05) is 41.6 Å². The average Bonchev–Trinajstić information content (AvgIpc) is 3.09. The summed E-state index contributed by atoms with van der Waals surface area (Å²) in [5.41, 5.74) is 4.96. The number of hydrogen-bond donors (Lipinski definition) is 1. The van der Waals surface area contributed by atoms with Gasteiger partial charge in [0.2, 0.25) is 10.0 Å². The highest BCUT2D eigenvalue weighted by Gasteiger charge is 2.14. The molecule has 7 heteroatoms. The van der Waals surface area contributed by atoms with Crippen molar-refractivity contribution in [2.24, 2.45) is 7.05 Å². The minimum atomic E-state index is -3.52. The predicted molar refractivity (Wildman–Crippen MR) is 111 cm³/mol. The Kier molecular flexibility index (Phi) is 4.60. The third-order valence-corrected chi connectivity index (χ3v) is 5.84. The van der Waals surface area contributed by atoms with Gasteiger partial charge >= 0.3 is 0 Å². The Morgan fingerprint density at radius 3 is 2.61 bits per heavy atom. The molecule has 2 aromatic heterocycles. The molecule has 2 heterocycles. The second kappa shape index (κ2) is 7.09. The lowest BCUT2D eigenvalue weighted by Gasteiger charge is -2.11. The molecule has 0 bridgehead atoms. The van der Waals surface area contributed by atoms with Gasteiger partial charge in [0.05, 0.1) is 17.5 Å². The van der Waals surface area contributed by atoms with Crippen molar-refractivity contribution in [3.8, 4) is 11.1 Å². The Bertz CT molecular complexity index is 1260. The molecule has 2 aromatic carbocycles. The zero-order valence-electron chi connectivity index (χ0n) is 15.6. The van der Waals surface area contributed by atoms with E-state index in [9.17, 15) is 8.42 Å². The van der Waals surface area contributed by atoms with Crippen molar-refractivity contribution in [2.45, 2.75) is 12.7 Å². The summed E-state index contributed by atoms with van der Waals surface area (Å²) in [6.45, 7) is 1.91. The molecule has 142 valence electrons. The van der Waals surface area contributed by atoms with Gasteiger partial charge in [0.1, 0.15) is 0 Å². The predicted octanol–water partition coefficient (Wildman–Crippen LogP) is 3.89. The zero-order valence-corrected chi connectivity index (χ0v) is 16.4. The summed E-state index contributed by atoms with van der Waals surface area (Å²) < 4.78 is 29.6. The summed E-state index contributed by atoms with van der Waals surface area (Å²) in [5.74, 6) is -0.0638. The maximum absolute atomic E-state index is 12.6. The van der Waals surface area contributed by atoms with Gasteiger partial charge in [-0.25, -0.2) is 8.42 Å². The fraction of sp³-hybridized carbons (Fsp3) is 0.143. The second-order valence-electron chi connectivity index (χ2n) is 6.82. The van der Waals surface area contributed by atoms with E-state index in [1.54, 1.807) is 29.2 Å². The number of hydrogen-bond acceptors (Lipinski definition) is 4. The van der Waals surface area contributed by atoms with Gasteiger partial charge in [-0.3, -0.25) is 14.4 Å². The number of rotatable bonds is 5. The van der Waals surface area contributed by atoms with E-state index in [2.05, 4.69) is 14.8 Å². The molecule has 4 rings (SSSR count). The molecular formula is C21H20N4O2S. The Hall–Kier alpha value is -3.19. The summed E-state index contributed by atoms with van der Waals surface area (Å²) in [6.07, 6.45) is 5.48. The number of anilines is 1. The highest BCUT2D eigenvalue weighted by atomic mass is 32.2. The topological polar surface area (TPSA) is 76.9 Å². The van der Waals surface area contributed by atoms with Gasteiger partial charge in [-0.2, -0.15) is 5.10 Å². The van der Waals surface area contributed by atoms with Gasteiger partial charge < -0.3 is 0 Å². The third kappa shape index (κ3) is 3.89. The summed E-state index contributed by atoms with van der Waals surface area (Å²) in [4.78, 5) is 4.47. The molecule has 0 radical (unpaired) electrons. The van der Waals surface area contributed by atoms with Crippen LogP contribution in [0, 0.1) is 6.92 Å². The maximum Gasteiger partial charge on any atom is 0.236 e. The first kappa shape index (κ1) is 18.2. The van der Waals surface area contributed by atoms with Crippen molar-refractivity contribution < 1.29 is 8.42 Å². The van der Waals surface area contributed by atoms with E-state index in [-0.39, 0.29) is 5.75 Å². The normalized spacial score (nSPS) is 11.6. The molecule has 28 heavy (non-hydrogen) atoms. The highest BCUT2D eigenvalue weighted by molar-refractivity contribution is 7.91. The lowest BCUT2D eigenvalue weighted by atomic mass is 10.1. The highest BCUT2D eigenvalue weighted by Crippen LogP contribution is 2.25. The van der Waals surface area contributed by atoms with Gasteiger partial charge in [0.25, 0.3) is 0 Å². The summed E-state index contributed by atoms with van der Waals surface area (Å²) in [7, 11) is -1.66. The van der Waals surface area contributed by atoms with Crippen LogP contribution >= 0.6 is 0 Å². The molecule has 0 saturated carbocycles. The number of nitrogens with one attached hydrogen (secondary N) is 1. The van der Waals surface area contributed by atoms with E-state index < -0.39 is 10.0 Å². The van der Waals surface area contributed by atoms with Gasteiger partial charge in [-0.05, 0) is 42.3 Å². The minimum Gasteiger partial charge on any atom is -0.283 e. The first-order valence-corrected chi connectivity index (χ1v) is 10.5. The molecule has 0 fully saturated rings. The summed E-state index contributed by atoms with van der Waals surface area (Å²) >= 11 is 0. The van der Waals surface area contributed by atoms with E-state index >= 15 is 0 Å². The van der Waals surface area contributed by atoms with E-state index in [1.165, 1.54) is 0 Å². The molecule has 0 aliphatic carbocycles. The SMILES string of the molecule is Cc1ccccc1CS(=O)(=O)Nc1ccc2ncc(-c3cnn(C)c3)cc2c1. The number of nitrogens with zero attached hydrogens (tertiary/aromatic N) is 3. The largest absolute Gasteiger partial charge is 0.283 e. The molecule has 0 spiro atoms. The van der Waals surface area contributed by atoms with Crippen molar-refractivity contribution >= 4 is 26.6 Å². The smallest absolute Gasteiger partial charge is 0.236 e. The van der Waals surface area contributed by atoms with Crippen LogP contribution in [0.4, 0.5) is 5.69 Å². The second-order valence-corrected chi connectivity index (χ2v) is 8.54. The van der Waals surface area contributed by atoms with Crippen LogP contribution < -0.4 is 4.72 Å². The van der Waals surface area contributed by atoms with E-state index in [1.807, 2.05) is 56.6 Å². The number of sulfonamides is 1. The molecule has 6 nitrogen and oxygen atoms in total. The van der Waals surface area contributed by atoms with E-state index in [0.717, 1.165) is 33.2 Å². The molecule has 1 N–H and O–H groups in total. The zero-order chi connectivity index (χ0) is 19.7. The van der Waals surface area contributed by atoms with Crippen molar-refractivity contribution in [1.82, 2.24) is 14.8 Å². The quantitative estimate of drug-likeness (QED) is 0.559. The van der Waals surface area contributed by atoms with Gasteiger partial charge in [0.15, 0.2) is 0 Å². The molecule has 0 unspecified atom stereocenters. The lowest BCUT2D eigenvalue weighted by molar-refractivity contribution is 0.600. The molecule has 0 atom stereocenters.